The summed E-state index contributed by atoms with van der Waals surface area (Å²) in [5.74, 6) is 0. The molecule has 0 saturated carbocycles. The van der Waals surface area contributed by atoms with Crippen LogP contribution in [0.25, 0.3) is 17.2 Å². The van der Waals surface area contributed by atoms with Gasteiger partial charge in [0.2, 0.25) is 0 Å². The fraction of sp³-hybridized carbons (Fsp3) is 0.385. The number of nitrogens with zero attached hydrogens (tertiary/aromatic N) is 1. The van der Waals surface area contributed by atoms with Crippen LogP contribution < -0.4 is 0 Å². The second kappa shape index (κ2) is 10.8. The third-order valence-corrected chi connectivity index (χ3v) is 4.39. The highest BCUT2D eigenvalue weighted by molar-refractivity contribution is 6.30. The summed E-state index contributed by atoms with van der Waals surface area (Å²) < 4.78 is 10.6. The number of halogens is 1. The number of benzene rings is 2. The van der Waals surface area contributed by atoms with E-state index in [1.165, 1.54) is 0 Å². The Morgan fingerprint density at radius 3 is 2.09 bits per heavy atom. The van der Waals surface area contributed by atoms with Crippen molar-refractivity contribution < 1.29 is 23.9 Å². The van der Waals surface area contributed by atoms with Gasteiger partial charge in [0.05, 0.1) is 6.04 Å². The summed E-state index contributed by atoms with van der Waals surface area (Å²) in [4.78, 5) is 30.1. The molecule has 1 atom stereocenters. The number of ether oxygens (including phenoxy) is 2. The molecule has 178 valence electrons. The van der Waals surface area contributed by atoms with Crippen molar-refractivity contribution in [2.45, 2.75) is 65.7 Å². The first-order valence-electron chi connectivity index (χ1n) is 10.7. The first-order valence-corrected chi connectivity index (χ1v) is 11.1. The Morgan fingerprint density at radius 1 is 0.909 bits per heavy atom. The van der Waals surface area contributed by atoms with Crippen molar-refractivity contribution in [3.05, 3.63) is 65.2 Å². The summed E-state index contributed by atoms with van der Waals surface area (Å²) >= 11 is 5.98. The molecule has 1 amide bonds. The average molecular weight is 474 g/mol. The molecule has 0 spiro atoms. The van der Waals surface area contributed by atoms with Crippen LogP contribution in [0.15, 0.2) is 54.6 Å². The van der Waals surface area contributed by atoms with Gasteiger partial charge >= 0.3 is 12.2 Å². The van der Waals surface area contributed by atoms with E-state index in [4.69, 9.17) is 25.9 Å². The van der Waals surface area contributed by atoms with Crippen molar-refractivity contribution in [3.8, 4) is 11.1 Å². The maximum absolute atomic E-state index is 12.7. The number of hydrogen-bond acceptors (Lipinski definition) is 5. The number of carbonyl (C=O) groups is 2. The van der Waals surface area contributed by atoms with Gasteiger partial charge in [-0.2, -0.15) is 0 Å². The van der Waals surface area contributed by atoms with Crippen LogP contribution in [0.3, 0.4) is 0 Å². The van der Waals surface area contributed by atoms with Crippen LogP contribution in [0.2, 0.25) is 5.02 Å². The van der Waals surface area contributed by atoms with Gasteiger partial charge in [0.15, 0.2) is 0 Å². The van der Waals surface area contributed by atoms with Crippen LogP contribution in [-0.2, 0) is 14.3 Å². The molecule has 0 aliphatic rings. The zero-order chi connectivity index (χ0) is 24.8. The maximum Gasteiger partial charge on any atom is 0.534 e. The molecule has 0 aliphatic heterocycles. The Hall–Kier alpha value is -2.99. The van der Waals surface area contributed by atoms with Gasteiger partial charge in [-0.15, -0.1) is 5.06 Å². The average Bonchev–Trinajstić information content (AvgIpc) is 2.68. The molecule has 0 unspecified atom stereocenters. The minimum Gasteiger partial charge on any atom is -0.442 e. The molecule has 33 heavy (non-hydrogen) atoms. The van der Waals surface area contributed by atoms with Gasteiger partial charge in [0.25, 0.3) is 0 Å². The molecule has 0 heterocycles. The molecule has 2 aromatic rings. The van der Waals surface area contributed by atoms with Crippen LogP contribution in [0.5, 0.6) is 0 Å². The highest BCUT2D eigenvalue weighted by Crippen LogP contribution is 2.23. The van der Waals surface area contributed by atoms with Crippen molar-refractivity contribution in [1.82, 2.24) is 5.06 Å². The van der Waals surface area contributed by atoms with Crippen LogP contribution in [0, 0.1) is 0 Å². The van der Waals surface area contributed by atoms with E-state index in [9.17, 15) is 9.59 Å². The van der Waals surface area contributed by atoms with Crippen molar-refractivity contribution in [2.75, 3.05) is 0 Å². The van der Waals surface area contributed by atoms with Crippen LogP contribution in [0.4, 0.5) is 9.59 Å². The third-order valence-electron chi connectivity index (χ3n) is 4.14. The third kappa shape index (κ3) is 9.18. The van der Waals surface area contributed by atoms with Gasteiger partial charge in [0, 0.05) is 5.02 Å². The lowest BCUT2D eigenvalue weighted by Crippen LogP contribution is -2.43. The quantitative estimate of drug-likeness (QED) is 0.339. The predicted molar refractivity (Wildman–Crippen MR) is 131 cm³/mol. The summed E-state index contributed by atoms with van der Waals surface area (Å²) in [5, 5.41) is 1.55. The summed E-state index contributed by atoms with van der Waals surface area (Å²) in [7, 11) is 0. The molecular weight excluding hydrogens is 442 g/mol. The van der Waals surface area contributed by atoms with E-state index >= 15 is 0 Å². The summed E-state index contributed by atoms with van der Waals surface area (Å²) in [6.07, 6.45) is 1.81. The Morgan fingerprint density at radius 2 is 1.52 bits per heavy atom. The number of rotatable bonds is 4. The van der Waals surface area contributed by atoms with Gasteiger partial charge in [-0.25, -0.2) is 9.59 Å². The summed E-state index contributed by atoms with van der Waals surface area (Å²) in [5.41, 5.74) is 1.44. The lowest BCUT2D eigenvalue weighted by molar-refractivity contribution is -0.145. The lowest BCUT2D eigenvalue weighted by atomic mass is 10.0. The first-order chi connectivity index (χ1) is 15.2. The zero-order valence-electron chi connectivity index (χ0n) is 20.2. The topological polar surface area (TPSA) is 65.1 Å². The number of hydrogen-bond donors (Lipinski definition) is 0. The molecule has 0 fully saturated rings. The minimum absolute atomic E-state index is 0.619. The van der Waals surface area contributed by atoms with Crippen molar-refractivity contribution >= 4 is 29.9 Å². The van der Waals surface area contributed by atoms with E-state index in [-0.39, 0.29) is 0 Å². The fourth-order valence-corrected chi connectivity index (χ4v) is 2.86. The van der Waals surface area contributed by atoms with Crippen molar-refractivity contribution in [3.63, 3.8) is 0 Å². The largest absolute Gasteiger partial charge is 0.534 e. The highest BCUT2D eigenvalue weighted by Gasteiger charge is 2.30. The molecule has 0 N–H and O–H groups in total. The number of hydroxylamine groups is 2. The Balaban J connectivity index is 2.22. The first kappa shape index (κ1) is 26.3. The Kier molecular flexibility index (Phi) is 8.56. The van der Waals surface area contributed by atoms with Gasteiger partial charge in [0.1, 0.15) is 11.2 Å². The van der Waals surface area contributed by atoms with Gasteiger partial charge < -0.3 is 9.47 Å². The van der Waals surface area contributed by atoms with E-state index in [2.05, 4.69) is 0 Å². The van der Waals surface area contributed by atoms with Crippen LogP contribution >= 0.6 is 11.6 Å². The van der Waals surface area contributed by atoms with E-state index in [1.54, 1.807) is 54.5 Å². The van der Waals surface area contributed by atoms with E-state index in [0.717, 1.165) is 21.8 Å². The molecule has 0 saturated heterocycles. The molecule has 2 aromatic carbocycles. The molecule has 0 bridgehead atoms. The Labute approximate surface area is 201 Å². The Bertz CT molecular complexity index is 987. The fourth-order valence-electron chi connectivity index (χ4n) is 2.74. The molecule has 7 heteroatoms. The standard InChI is InChI=1S/C26H32ClNO5/c1-18(28(23(29)31-25(2,3)4)33-24(30)32-26(5,6)7)11-12-19-9-8-10-21(17-19)20-13-15-22(27)16-14-20/h8-18H,1-7H3/b12-11+/t18-/m1/s1. The normalized spacial score (nSPS) is 12.8. The summed E-state index contributed by atoms with van der Waals surface area (Å²) in [6.45, 7) is 12.1. The van der Waals surface area contributed by atoms with Gasteiger partial charge in [-0.1, -0.05) is 54.1 Å². The predicted octanol–water partition coefficient (Wildman–Crippen LogP) is 7.51. The highest BCUT2D eigenvalue weighted by atomic mass is 35.5. The van der Waals surface area contributed by atoms with E-state index in [1.807, 2.05) is 54.6 Å². The molecule has 0 aliphatic carbocycles. The van der Waals surface area contributed by atoms with Gasteiger partial charge in [-0.05, 0) is 83.4 Å². The second-order valence-corrected chi connectivity index (χ2v) is 10.0. The molecule has 2 rings (SSSR count). The van der Waals surface area contributed by atoms with E-state index in [0.29, 0.717) is 5.02 Å². The van der Waals surface area contributed by atoms with Crippen molar-refractivity contribution in [2.24, 2.45) is 0 Å². The van der Waals surface area contributed by atoms with E-state index < -0.39 is 29.5 Å². The molecule has 6 nitrogen and oxygen atoms in total. The molecule has 0 aromatic heterocycles. The SMILES string of the molecule is C[C@H](/C=C/c1cccc(-c2ccc(Cl)cc2)c1)N(OC(=O)OC(C)(C)C)C(=O)OC(C)(C)C. The zero-order valence-corrected chi connectivity index (χ0v) is 21.0. The maximum atomic E-state index is 12.7. The van der Waals surface area contributed by atoms with Crippen LogP contribution in [0.1, 0.15) is 54.0 Å². The number of carbonyl (C=O) groups excluding carboxylic acids is 2. The van der Waals surface area contributed by atoms with Crippen LogP contribution in [-0.4, -0.2) is 34.6 Å². The minimum atomic E-state index is -0.988. The molecular formula is C26H32ClNO5. The second-order valence-electron chi connectivity index (χ2n) is 9.59. The van der Waals surface area contributed by atoms with Crippen molar-refractivity contribution in [1.29, 1.82) is 0 Å². The molecule has 0 radical (unpaired) electrons. The lowest BCUT2D eigenvalue weighted by Gasteiger charge is -2.29. The number of amides is 1. The van der Waals surface area contributed by atoms with Gasteiger partial charge in [-0.3, -0.25) is 4.84 Å². The summed E-state index contributed by atoms with van der Waals surface area (Å²) in [6, 6.07) is 14.9. The monoisotopic (exact) mass is 473 g/mol. The smallest absolute Gasteiger partial charge is 0.442 e.